The molecule has 4 rings (SSSR count). The van der Waals surface area contributed by atoms with Crippen molar-refractivity contribution in [2.45, 2.75) is 63.7 Å². The largest absolute Gasteiger partial charge is 0.481 e. The lowest BCUT2D eigenvalue weighted by Crippen LogP contribution is -2.52. The number of alkyl halides is 3. The minimum Gasteiger partial charge on any atom is -0.481 e. The van der Waals surface area contributed by atoms with Gasteiger partial charge in [-0.05, 0) is 81.9 Å². The molecule has 0 aromatic heterocycles. The molecule has 1 N–H and O–H groups in total. The van der Waals surface area contributed by atoms with Gasteiger partial charge in [-0.2, -0.15) is 13.2 Å². The van der Waals surface area contributed by atoms with Crippen molar-refractivity contribution >= 4 is 56.7 Å². The molecular formula is C28H29BrCl3F4NO2. The highest BCUT2D eigenvalue weighted by atomic mass is 79.9. The van der Waals surface area contributed by atoms with E-state index in [-0.39, 0.29) is 54.5 Å². The molecule has 1 saturated carbocycles. The second kappa shape index (κ2) is 11.3. The highest BCUT2D eigenvalue weighted by molar-refractivity contribution is 9.10. The summed E-state index contributed by atoms with van der Waals surface area (Å²) in [6, 6.07) is 4.52. The van der Waals surface area contributed by atoms with Crippen LogP contribution in [0.3, 0.4) is 0 Å². The van der Waals surface area contributed by atoms with Gasteiger partial charge < -0.3 is 5.11 Å². The summed E-state index contributed by atoms with van der Waals surface area (Å²) in [4.78, 5) is 14.7. The van der Waals surface area contributed by atoms with Crippen LogP contribution in [-0.2, 0) is 10.2 Å². The molecule has 0 radical (unpaired) electrons. The Kier molecular flexibility index (Phi) is 8.96. The number of rotatable bonds is 5. The predicted molar refractivity (Wildman–Crippen MR) is 149 cm³/mol. The summed E-state index contributed by atoms with van der Waals surface area (Å²) in [7, 11) is 0. The Bertz CT molecular complexity index is 1240. The standard InChI is InChI=1S/C28H29BrCl3F4NO2/c1-13(2)17-6-4-14(3)8-22(17)37-12-27(28(34,35)36,16-10-19(30)24(32)20(31)11-16)23(26(38)39)25(37)15-5-7-21(33)18(29)9-15/h5,7,9-11,13-14,17,22-23,25H,4,6,8,12H2,1-3H3,(H,38,39)/t14-,17+,22-,23-,25+,27-/m1/s1. The van der Waals surface area contributed by atoms with Crippen LogP contribution in [0.2, 0.25) is 15.1 Å². The van der Waals surface area contributed by atoms with E-state index in [4.69, 9.17) is 34.8 Å². The molecular weight excluding hydrogens is 645 g/mol. The van der Waals surface area contributed by atoms with Gasteiger partial charge in [-0.3, -0.25) is 9.69 Å². The van der Waals surface area contributed by atoms with Crippen LogP contribution in [0.5, 0.6) is 0 Å². The van der Waals surface area contributed by atoms with E-state index in [1.165, 1.54) is 12.1 Å². The number of carboxylic acid groups (broad SMARTS) is 1. The lowest BCUT2D eigenvalue weighted by molar-refractivity contribution is -0.204. The Hall–Kier alpha value is -1.06. The third kappa shape index (κ3) is 5.45. The Morgan fingerprint density at radius 1 is 1.13 bits per heavy atom. The first-order valence-electron chi connectivity index (χ1n) is 12.7. The molecule has 11 heteroatoms. The molecule has 6 atom stereocenters. The van der Waals surface area contributed by atoms with Gasteiger partial charge in [0.15, 0.2) is 0 Å². The SMILES string of the molecule is CC(C)[C@@H]1CC[C@@H](C)C[C@H]1N1C[C@](c2cc(Cl)c(Cl)c(Cl)c2)(C(F)(F)F)[C@@H](C(=O)O)[C@@H]1c1ccc(F)c(Br)c1. The van der Waals surface area contributed by atoms with Crippen LogP contribution < -0.4 is 0 Å². The summed E-state index contributed by atoms with van der Waals surface area (Å²) in [5.74, 6) is -3.75. The number of aliphatic carboxylic acids is 1. The highest BCUT2D eigenvalue weighted by Crippen LogP contribution is 2.60. The van der Waals surface area contributed by atoms with E-state index in [0.717, 1.165) is 31.0 Å². The van der Waals surface area contributed by atoms with Crippen LogP contribution in [0.15, 0.2) is 34.8 Å². The number of hydrogen-bond donors (Lipinski definition) is 1. The monoisotopic (exact) mass is 671 g/mol. The molecule has 1 saturated heterocycles. The average molecular weight is 674 g/mol. The number of hydrogen-bond acceptors (Lipinski definition) is 2. The van der Waals surface area contributed by atoms with Crippen molar-refractivity contribution in [1.29, 1.82) is 0 Å². The molecule has 1 aliphatic carbocycles. The number of halogens is 8. The molecule has 39 heavy (non-hydrogen) atoms. The molecule has 2 fully saturated rings. The highest BCUT2D eigenvalue weighted by Gasteiger charge is 2.71. The van der Waals surface area contributed by atoms with E-state index in [1.54, 1.807) is 4.90 Å². The quantitative estimate of drug-likeness (QED) is 0.254. The molecule has 2 aliphatic rings. The minimum atomic E-state index is -5.01. The Morgan fingerprint density at radius 3 is 2.26 bits per heavy atom. The second-order valence-electron chi connectivity index (χ2n) is 11.2. The fourth-order valence-corrected chi connectivity index (χ4v) is 7.73. The predicted octanol–water partition coefficient (Wildman–Crippen LogP) is 9.57. The Labute approximate surface area is 248 Å². The van der Waals surface area contributed by atoms with E-state index in [9.17, 15) is 14.3 Å². The maximum atomic E-state index is 15.5. The topological polar surface area (TPSA) is 40.5 Å². The summed E-state index contributed by atoms with van der Waals surface area (Å²) in [5, 5.41) is 10.1. The lowest BCUT2D eigenvalue weighted by Gasteiger charge is -2.45. The second-order valence-corrected chi connectivity index (χ2v) is 13.3. The van der Waals surface area contributed by atoms with E-state index in [1.807, 2.05) is 13.8 Å². The first kappa shape index (κ1) is 30.9. The lowest BCUT2D eigenvalue weighted by atomic mass is 9.68. The zero-order chi connectivity index (χ0) is 29.0. The van der Waals surface area contributed by atoms with E-state index in [0.29, 0.717) is 6.42 Å². The number of likely N-dealkylation sites (tertiary alicyclic amines) is 1. The van der Waals surface area contributed by atoms with Crippen LogP contribution in [0.1, 0.15) is 57.2 Å². The van der Waals surface area contributed by atoms with Gasteiger partial charge in [-0.1, -0.05) is 68.1 Å². The molecule has 2 aromatic carbocycles. The summed E-state index contributed by atoms with van der Waals surface area (Å²) in [6.45, 7) is 5.52. The van der Waals surface area contributed by atoms with Gasteiger partial charge in [0.25, 0.3) is 0 Å². The zero-order valence-corrected chi connectivity index (χ0v) is 25.4. The van der Waals surface area contributed by atoms with Crippen molar-refractivity contribution in [2.75, 3.05) is 6.54 Å². The third-order valence-corrected chi connectivity index (χ3v) is 10.4. The minimum absolute atomic E-state index is 0.0449. The summed E-state index contributed by atoms with van der Waals surface area (Å²) in [6.07, 6.45) is -2.64. The Balaban J connectivity index is 2.04. The first-order chi connectivity index (χ1) is 18.1. The number of nitrogens with zero attached hydrogens (tertiary/aromatic N) is 1. The van der Waals surface area contributed by atoms with Crippen molar-refractivity contribution in [2.24, 2.45) is 23.7 Å². The fraction of sp³-hybridized carbons (Fsp3) is 0.536. The number of carboxylic acids is 1. The molecule has 3 nitrogen and oxygen atoms in total. The summed E-state index contributed by atoms with van der Waals surface area (Å²) in [5.41, 5.74) is -2.95. The van der Waals surface area contributed by atoms with Crippen LogP contribution in [-0.4, -0.2) is 34.7 Å². The van der Waals surface area contributed by atoms with Crippen LogP contribution in [0.25, 0.3) is 0 Å². The van der Waals surface area contributed by atoms with Crippen LogP contribution >= 0.6 is 50.7 Å². The van der Waals surface area contributed by atoms with Crippen LogP contribution in [0, 0.1) is 29.5 Å². The maximum absolute atomic E-state index is 15.5. The molecule has 214 valence electrons. The summed E-state index contributed by atoms with van der Waals surface area (Å²) < 4.78 is 60.8. The van der Waals surface area contributed by atoms with Crippen molar-refractivity contribution in [3.8, 4) is 0 Å². The smallest absolute Gasteiger partial charge is 0.400 e. The first-order valence-corrected chi connectivity index (χ1v) is 14.7. The van der Waals surface area contributed by atoms with E-state index in [2.05, 4.69) is 22.9 Å². The van der Waals surface area contributed by atoms with Gasteiger partial charge in [0.2, 0.25) is 0 Å². The Morgan fingerprint density at radius 2 is 1.74 bits per heavy atom. The molecule has 1 heterocycles. The molecule has 0 unspecified atom stereocenters. The molecule has 0 bridgehead atoms. The van der Waals surface area contributed by atoms with Gasteiger partial charge >= 0.3 is 12.1 Å². The third-order valence-electron chi connectivity index (χ3n) is 8.61. The molecule has 2 aromatic rings. The fourth-order valence-electron chi connectivity index (χ4n) is 6.74. The van der Waals surface area contributed by atoms with Gasteiger partial charge in [-0.25, -0.2) is 4.39 Å². The summed E-state index contributed by atoms with van der Waals surface area (Å²) >= 11 is 21.6. The van der Waals surface area contributed by atoms with E-state index < -0.39 is 41.9 Å². The van der Waals surface area contributed by atoms with Gasteiger partial charge in [-0.15, -0.1) is 0 Å². The van der Waals surface area contributed by atoms with Crippen molar-refractivity contribution < 1.29 is 27.5 Å². The van der Waals surface area contributed by atoms with Crippen molar-refractivity contribution in [3.63, 3.8) is 0 Å². The van der Waals surface area contributed by atoms with Gasteiger partial charge in [0.05, 0.1) is 25.5 Å². The average Bonchev–Trinajstić information content (AvgIpc) is 3.21. The van der Waals surface area contributed by atoms with Gasteiger partial charge in [0.1, 0.15) is 11.2 Å². The number of carbonyl (C=O) groups is 1. The maximum Gasteiger partial charge on any atom is 0.400 e. The van der Waals surface area contributed by atoms with Gasteiger partial charge in [0, 0.05) is 18.6 Å². The van der Waals surface area contributed by atoms with Crippen molar-refractivity contribution in [1.82, 2.24) is 4.90 Å². The van der Waals surface area contributed by atoms with Crippen LogP contribution in [0.4, 0.5) is 17.6 Å². The normalized spacial score (nSPS) is 30.2. The molecule has 0 spiro atoms. The molecule has 1 aliphatic heterocycles. The number of benzene rings is 2. The van der Waals surface area contributed by atoms with Crippen molar-refractivity contribution in [3.05, 3.63) is 66.8 Å². The van der Waals surface area contributed by atoms with E-state index >= 15 is 13.2 Å². The molecule has 0 amide bonds. The zero-order valence-electron chi connectivity index (χ0n) is 21.5.